The summed E-state index contributed by atoms with van der Waals surface area (Å²) in [5.41, 5.74) is 1.68. The van der Waals surface area contributed by atoms with Crippen LogP contribution in [0.15, 0.2) is 24.4 Å². The minimum absolute atomic E-state index is 0.0310. The summed E-state index contributed by atoms with van der Waals surface area (Å²) in [6.07, 6.45) is 10.3. The Morgan fingerprint density at radius 3 is 2.52 bits per heavy atom. The fraction of sp³-hybridized carbons (Fsp3) is 0.556. The molecule has 1 aromatic heterocycles. The Balaban J connectivity index is 1.30. The van der Waals surface area contributed by atoms with Crippen molar-refractivity contribution in [2.45, 2.75) is 63.1 Å². The monoisotopic (exact) mass is 312 g/mol. The van der Waals surface area contributed by atoms with Crippen molar-refractivity contribution < 1.29 is 4.79 Å². The van der Waals surface area contributed by atoms with Gasteiger partial charge in [-0.05, 0) is 56.7 Å². The molecular weight excluding hydrogens is 288 g/mol. The zero-order valence-electron chi connectivity index (χ0n) is 13.3. The van der Waals surface area contributed by atoms with Gasteiger partial charge in [-0.1, -0.05) is 6.42 Å². The van der Waals surface area contributed by atoms with E-state index in [1.807, 2.05) is 18.2 Å². The summed E-state index contributed by atoms with van der Waals surface area (Å²) in [6, 6.07) is 7.39. The van der Waals surface area contributed by atoms with E-state index >= 15 is 0 Å². The van der Waals surface area contributed by atoms with Gasteiger partial charge in [0, 0.05) is 29.1 Å². The summed E-state index contributed by atoms with van der Waals surface area (Å²) in [5.74, 6) is 0.0310. The molecule has 0 spiro atoms. The first-order valence-electron chi connectivity index (χ1n) is 8.78. The van der Waals surface area contributed by atoms with Crippen LogP contribution in [0.25, 0.3) is 10.9 Å². The second kappa shape index (κ2) is 6.32. The number of rotatable bonds is 4. The number of H-pyrrole nitrogens is 1. The molecule has 0 bridgehead atoms. The number of nitrogens with zero attached hydrogens (tertiary/aromatic N) is 1. The molecule has 2 saturated carbocycles. The molecule has 0 unspecified atom stereocenters. The third-order valence-electron chi connectivity index (χ3n) is 5.34. The summed E-state index contributed by atoms with van der Waals surface area (Å²) in [4.78, 5) is 12.4. The van der Waals surface area contributed by atoms with Gasteiger partial charge in [0.15, 0.2) is 0 Å². The molecule has 122 valence electrons. The van der Waals surface area contributed by atoms with E-state index in [0.29, 0.717) is 17.6 Å². The van der Waals surface area contributed by atoms with E-state index in [4.69, 9.17) is 0 Å². The molecule has 0 atom stereocenters. The fourth-order valence-electron chi connectivity index (χ4n) is 3.67. The molecule has 23 heavy (non-hydrogen) atoms. The fourth-order valence-corrected chi connectivity index (χ4v) is 3.67. The van der Waals surface area contributed by atoms with Crippen molar-refractivity contribution in [1.29, 1.82) is 0 Å². The molecule has 4 rings (SSSR count). The van der Waals surface area contributed by atoms with Gasteiger partial charge in [0.25, 0.3) is 5.91 Å². The van der Waals surface area contributed by atoms with Crippen molar-refractivity contribution in [3.8, 4) is 0 Å². The molecule has 5 nitrogen and oxygen atoms in total. The van der Waals surface area contributed by atoms with E-state index in [-0.39, 0.29) is 5.91 Å². The first-order valence-corrected chi connectivity index (χ1v) is 8.78. The van der Waals surface area contributed by atoms with Gasteiger partial charge in [-0.25, -0.2) is 0 Å². The Hall–Kier alpha value is -1.88. The molecule has 1 aromatic carbocycles. The number of aromatic amines is 1. The second-order valence-electron chi connectivity index (χ2n) is 6.99. The maximum Gasteiger partial charge on any atom is 0.251 e. The Morgan fingerprint density at radius 2 is 1.78 bits per heavy atom. The average Bonchev–Trinajstić information content (AvgIpc) is 3.00. The van der Waals surface area contributed by atoms with Crippen molar-refractivity contribution in [1.82, 2.24) is 20.8 Å². The highest BCUT2D eigenvalue weighted by atomic mass is 16.1. The Bertz CT molecular complexity index is 683. The van der Waals surface area contributed by atoms with E-state index < -0.39 is 0 Å². The van der Waals surface area contributed by atoms with Gasteiger partial charge in [0.1, 0.15) is 0 Å². The van der Waals surface area contributed by atoms with Crippen molar-refractivity contribution in [2.75, 3.05) is 0 Å². The summed E-state index contributed by atoms with van der Waals surface area (Å²) in [5, 5.41) is 14.8. The lowest BCUT2D eigenvalue weighted by Gasteiger charge is -2.35. The lowest BCUT2D eigenvalue weighted by molar-refractivity contribution is 0.0922. The van der Waals surface area contributed by atoms with Crippen LogP contribution in [0, 0.1) is 0 Å². The maximum atomic E-state index is 12.4. The van der Waals surface area contributed by atoms with Gasteiger partial charge in [-0.3, -0.25) is 9.89 Å². The Morgan fingerprint density at radius 1 is 1.04 bits per heavy atom. The number of hydrogen-bond acceptors (Lipinski definition) is 3. The molecular formula is C18H24N4O. The number of aromatic nitrogens is 2. The van der Waals surface area contributed by atoms with Crippen LogP contribution in [-0.2, 0) is 0 Å². The van der Waals surface area contributed by atoms with Gasteiger partial charge in [-0.15, -0.1) is 0 Å². The number of hydrogen-bond donors (Lipinski definition) is 3. The van der Waals surface area contributed by atoms with Crippen LogP contribution in [-0.4, -0.2) is 34.2 Å². The number of fused-ring (bicyclic) bond motifs is 1. The Labute approximate surface area is 136 Å². The standard InChI is InChI=1S/C18H24N4O/c23-18(12-4-9-17-13(10-12)11-19-22-17)21-16-7-5-15(6-8-16)20-14-2-1-3-14/h4,9-11,14-16,20H,1-3,5-8H2,(H,19,22)(H,21,23)/t15-,16-. The molecule has 0 radical (unpaired) electrons. The largest absolute Gasteiger partial charge is 0.349 e. The third kappa shape index (κ3) is 3.24. The number of benzene rings is 1. The molecule has 2 aromatic rings. The Kier molecular flexibility index (Phi) is 4.04. The number of nitrogens with one attached hydrogen (secondary N) is 3. The van der Waals surface area contributed by atoms with Crippen LogP contribution < -0.4 is 10.6 Å². The highest BCUT2D eigenvalue weighted by Crippen LogP contribution is 2.24. The van der Waals surface area contributed by atoms with Gasteiger partial charge in [-0.2, -0.15) is 5.10 Å². The van der Waals surface area contributed by atoms with Crippen molar-refractivity contribution in [3.63, 3.8) is 0 Å². The minimum Gasteiger partial charge on any atom is -0.349 e. The predicted octanol–water partition coefficient (Wildman–Crippen LogP) is 2.75. The molecule has 5 heteroatoms. The van der Waals surface area contributed by atoms with E-state index in [1.54, 1.807) is 6.20 Å². The van der Waals surface area contributed by atoms with Crippen molar-refractivity contribution in [3.05, 3.63) is 30.0 Å². The summed E-state index contributed by atoms with van der Waals surface area (Å²) >= 11 is 0. The third-order valence-corrected chi connectivity index (χ3v) is 5.34. The van der Waals surface area contributed by atoms with Gasteiger partial charge >= 0.3 is 0 Å². The molecule has 0 aliphatic heterocycles. The van der Waals surface area contributed by atoms with E-state index in [2.05, 4.69) is 20.8 Å². The van der Waals surface area contributed by atoms with Crippen LogP contribution in [0.2, 0.25) is 0 Å². The SMILES string of the molecule is O=C(N[C@H]1CC[C@H](NC2CCC2)CC1)c1ccc2[nH]ncc2c1. The highest BCUT2D eigenvalue weighted by Gasteiger charge is 2.26. The topological polar surface area (TPSA) is 69.8 Å². The van der Waals surface area contributed by atoms with E-state index in [1.165, 1.54) is 32.1 Å². The van der Waals surface area contributed by atoms with E-state index in [0.717, 1.165) is 29.8 Å². The number of amides is 1. The lowest BCUT2D eigenvalue weighted by atomic mass is 9.87. The van der Waals surface area contributed by atoms with Crippen molar-refractivity contribution >= 4 is 16.8 Å². The highest BCUT2D eigenvalue weighted by molar-refractivity contribution is 5.98. The quantitative estimate of drug-likeness (QED) is 0.813. The minimum atomic E-state index is 0.0310. The van der Waals surface area contributed by atoms with Crippen molar-refractivity contribution in [2.24, 2.45) is 0 Å². The molecule has 0 saturated heterocycles. The molecule has 2 aliphatic carbocycles. The van der Waals surface area contributed by atoms with Crippen LogP contribution >= 0.6 is 0 Å². The van der Waals surface area contributed by atoms with Gasteiger partial charge < -0.3 is 10.6 Å². The second-order valence-corrected chi connectivity index (χ2v) is 6.99. The average molecular weight is 312 g/mol. The summed E-state index contributed by atoms with van der Waals surface area (Å²) in [7, 11) is 0. The van der Waals surface area contributed by atoms with Crippen LogP contribution in [0.5, 0.6) is 0 Å². The van der Waals surface area contributed by atoms with Gasteiger partial charge in [0.05, 0.1) is 11.7 Å². The zero-order chi connectivity index (χ0) is 15.6. The van der Waals surface area contributed by atoms with E-state index in [9.17, 15) is 4.79 Å². The number of carbonyl (C=O) groups excluding carboxylic acids is 1. The van der Waals surface area contributed by atoms with Gasteiger partial charge in [0.2, 0.25) is 0 Å². The molecule has 2 aliphatic rings. The summed E-state index contributed by atoms with van der Waals surface area (Å²) < 4.78 is 0. The molecule has 1 amide bonds. The van der Waals surface area contributed by atoms with Crippen LogP contribution in [0.4, 0.5) is 0 Å². The molecule has 1 heterocycles. The first-order chi connectivity index (χ1) is 11.3. The normalized spacial score (nSPS) is 25.2. The predicted molar refractivity (Wildman–Crippen MR) is 90.4 cm³/mol. The zero-order valence-corrected chi connectivity index (χ0v) is 13.3. The smallest absolute Gasteiger partial charge is 0.251 e. The summed E-state index contributed by atoms with van der Waals surface area (Å²) in [6.45, 7) is 0. The molecule has 2 fully saturated rings. The van der Waals surface area contributed by atoms with Crippen LogP contribution in [0.1, 0.15) is 55.3 Å². The molecule has 3 N–H and O–H groups in total. The van der Waals surface area contributed by atoms with Crippen LogP contribution in [0.3, 0.4) is 0 Å². The maximum absolute atomic E-state index is 12.4. The lowest BCUT2D eigenvalue weighted by Crippen LogP contribution is -2.47. The first kappa shape index (κ1) is 14.7. The number of carbonyl (C=O) groups is 1.